The van der Waals surface area contributed by atoms with Crippen LogP contribution in [0.5, 0.6) is 5.75 Å². The number of carbonyl (C=O) groups is 2. The number of amides is 2. The van der Waals surface area contributed by atoms with E-state index in [9.17, 15) is 9.59 Å². The molecule has 0 unspecified atom stereocenters. The summed E-state index contributed by atoms with van der Waals surface area (Å²) in [7, 11) is 1.62. The molecule has 0 aliphatic carbocycles. The number of fused-ring (bicyclic) bond motifs is 1. The second kappa shape index (κ2) is 8.39. The van der Waals surface area contributed by atoms with Gasteiger partial charge in [-0.1, -0.05) is 30.3 Å². The van der Waals surface area contributed by atoms with Crippen molar-refractivity contribution in [2.75, 3.05) is 18.6 Å². The Kier molecular flexibility index (Phi) is 5.50. The van der Waals surface area contributed by atoms with Crippen LogP contribution in [0.1, 0.15) is 21.5 Å². The van der Waals surface area contributed by atoms with Crippen molar-refractivity contribution in [1.82, 2.24) is 0 Å². The standard InChI is InChI=1S/C24H22N2O4/c1-29-21-7-2-4-16(10-21)13-26-22-9-8-18(12-20(22)14-30-15-23(26)27)17-5-3-6-19(11-17)24(25)28/h2-12H,13-15H2,1H3,(H2,25,28). The van der Waals surface area contributed by atoms with E-state index >= 15 is 0 Å². The van der Waals surface area contributed by atoms with Crippen LogP contribution in [-0.4, -0.2) is 25.5 Å². The van der Waals surface area contributed by atoms with Gasteiger partial charge in [-0.3, -0.25) is 9.59 Å². The Hall–Kier alpha value is -3.64. The first-order valence-electron chi connectivity index (χ1n) is 9.59. The molecular weight excluding hydrogens is 380 g/mol. The Morgan fingerprint density at radius 3 is 2.63 bits per heavy atom. The first-order valence-corrected chi connectivity index (χ1v) is 9.59. The van der Waals surface area contributed by atoms with Crippen LogP contribution >= 0.6 is 0 Å². The Morgan fingerprint density at radius 2 is 1.83 bits per heavy atom. The monoisotopic (exact) mass is 402 g/mol. The molecule has 6 heteroatoms. The third-order valence-corrected chi connectivity index (χ3v) is 5.11. The molecule has 3 aromatic rings. The van der Waals surface area contributed by atoms with Gasteiger partial charge in [-0.2, -0.15) is 0 Å². The van der Waals surface area contributed by atoms with Crippen molar-refractivity contribution in [3.63, 3.8) is 0 Å². The smallest absolute Gasteiger partial charge is 0.253 e. The molecule has 0 saturated heterocycles. The van der Waals surface area contributed by atoms with Crippen molar-refractivity contribution in [2.24, 2.45) is 5.73 Å². The number of benzene rings is 3. The number of hydrogen-bond donors (Lipinski definition) is 1. The van der Waals surface area contributed by atoms with Crippen LogP contribution in [0.15, 0.2) is 66.7 Å². The minimum atomic E-state index is -0.468. The zero-order valence-electron chi connectivity index (χ0n) is 16.6. The van der Waals surface area contributed by atoms with Gasteiger partial charge in [-0.05, 0) is 53.1 Å². The molecule has 1 heterocycles. The first-order chi connectivity index (χ1) is 14.5. The number of methoxy groups -OCH3 is 1. The van der Waals surface area contributed by atoms with Gasteiger partial charge in [0.25, 0.3) is 5.91 Å². The van der Waals surface area contributed by atoms with Gasteiger partial charge in [-0.15, -0.1) is 0 Å². The molecule has 152 valence electrons. The van der Waals surface area contributed by atoms with Gasteiger partial charge in [0.1, 0.15) is 12.4 Å². The highest BCUT2D eigenvalue weighted by atomic mass is 16.5. The first kappa shape index (κ1) is 19.7. The summed E-state index contributed by atoms with van der Waals surface area (Å²) >= 11 is 0. The van der Waals surface area contributed by atoms with E-state index < -0.39 is 5.91 Å². The summed E-state index contributed by atoms with van der Waals surface area (Å²) in [5.74, 6) is 0.181. The highest BCUT2D eigenvalue weighted by molar-refractivity contribution is 5.96. The third kappa shape index (κ3) is 4.04. The molecule has 0 bridgehead atoms. The summed E-state index contributed by atoms with van der Waals surface area (Å²) in [4.78, 5) is 26.0. The van der Waals surface area contributed by atoms with E-state index in [4.69, 9.17) is 15.2 Å². The highest BCUT2D eigenvalue weighted by Gasteiger charge is 2.23. The molecule has 0 atom stereocenters. The van der Waals surface area contributed by atoms with Crippen LogP contribution < -0.4 is 15.4 Å². The number of anilines is 1. The zero-order chi connectivity index (χ0) is 21.1. The second-order valence-electron chi connectivity index (χ2n) is 7.11. The summed E-state index contributed by atoms with van der Waals surface area (Å²) in [5, 5.41) is 0. The van der Waals surface area contributed by atoms with Crippen LogP contribution in [0.4, 0.5) is 5.69 Å². The average Bonchev–Trinajstić information content (AvgIpc) is 2.92. The molecule has 3 aromatic carbocycles. The van der Waals surface area contributed by atoms with Crippen molar-refractivity contribution in [2.45, 2.75) is 13.2 Å². The summed E-state index contributed by atoms with van der Waals surface area (Å²) in [6.45, 7) is 0.771. The van der Waals surface area contributed by atoms with Gasteiger partial charge >= 0.3 is 0 Å². The third-order valence-electron chi connectivity index (χ3n) is 5.11. The molecule has 0 radical (unpaired) electrons. The van der Waals surface area contributed by atoms with Gasteiger partial charge < -0.3 is 20.1 Å². The van der Waals surface area contributed by atoms with E-state index in [1.807, 2.05) is 48.5 Å². The number of primary amides is 1. The lowest BCUT2D eigenvalue weighted by molar-refractivity contribution is -0.123. The van der Waals surface area contributed by atoms with E-state index in [0.717, 1.165) is 33.7 Å². The van der Waals surface area contributed by atoms with Gasteiger partial charge in [0, 0.05) is 16.8 Å². The Morgan fingerprint density at radius 1 is 1.03 bits per heavy atom. The van der Waals surface area contributed by atoms with Crippen molar-refractivity contribution in [1.29, 1.82) is 0 Å². The molecule has 0 aromatic heterocycles. The topological polar surface area (TPSA) is 81.9 Å². The molecule has 1 aliphatic heterocycles. The fourth-order valence-electron chi connectivity index (χ4n) is 3.58. The van der Waals surface area contributed by atoms with E-state index in [-0.39, 0.29) is 12.5 Å². The average molecular weight is 402 g/mol. The number of nitrogens with two attached hydrogens (primary N) is 1. The fraction of sp³-hybridized carbons (Fsp3) is 0.167. The molecule has 0 spiro atoms. The lowest BCUT2D eigenvalue weighted by Gasteiger charge is -2.23. The molecule has 2 amide bonds. The van der Waals surface area contributed by atoms with Crippen LogP contribution in [0.2, 0.25) is 0 Å². The summed E-state index contributed by atoms with van der Waals surface area (Å²) < 4.78 is 10.9. The van der Waals surface area contributed by atoms with Crippen LogP contribution in [0, 0.1) is 0 Å². The van der Waals surface area contributed by atoms with E-state index in [2.05, 4.69) is 0 Å². The minimum Gasteiger partial charge on any atom is -0.497 e. The van der Waals surface area contributed by atoms with Crippen LogP contribution in [0.25, 0.3) is 11.1 Å². The zero-order valence-corrected chi connectivity index (χ0v) is 16.6. The number of rotatable bonds is 5. The quantitative estimate of drug-likeness (QED) is 0.708. The maximum Gasteiger partial charge on any atom is 0.253 e. The number of ether oxygens (including phenoxy) is 2. The lowest BCUT2D eigenvalue weighted by atomic mass is 9.99. The molecule has 2 N–H and O–H groups in total. The molecule has 0 fully saturated rings. The summed E-state index contributed by atoms with van der Waals surface area (Å²) in [6, 6.07) is 20.7. The number of carbonyl (C=O) groups excluding carboxylic acids is 2. The van der Waals surface area contributed by atoms with Gasteiger partial charge in [0.2, 0.25) is 5.91 Å². The normalized spacial score (nSPS) is 13.5. The molecular formula is C24H22N2O4. The Labute approximate surface area is 174 Å². The van der Waals surface area contributed by atoms with E-state index in [0.29, 0.717) is 18.7 Å². The maximum atomic E-state index is 12.7. The molecule has 0 saturated carbocycles. The molecule has 30 heavy (non-hydrogen) atoms. The highest BCUT2D eigenvalue weighted by Crippen LogP contribution is 2.31. The van der Waals surface area contributed by atoms with Crippen molar-refractivity contribution < 1.29 is 19.1 Å². The fourth-order valence-corrected chi connectivity index (χ4v) is 3.58. The van der Waals surface area contributed by atoms with E-state index in [1.54, 1.807) is 30.2 Å². The predicted octanol–water partition coefficient (Wildman–Crippen LogP) is 3.52. The lowest BCUT2D eigenvalue weighted by Crippen LogP contribution is -2.32. The van der Waals surface area contributed by atoms with Gasteiger partial charge in [-0.25, -0.2) is 0 Å². The van der Waals surface area contributed by atoms with Crippen molar-refractivity contribution in [3.05, 3.63) is 83.4 Å². The number of hydrogen-bond acceptors (Lipinski definition) is 4. The van der Waals surface area contributed by atoms with Crippen molar-refractivity contribution >= 4 is 17.5 Å². The summed E-state index contributed by atoms with van der Waals surface area (Å²) in [5.41, 5.74) is 10.4. The Balaban J connectivity index is 1.70. The minimum absolute atomic E-state index is 0.0190. The Bertz CT molecular complexity index is 1110. The SMILES string of the molecule is COc1cccc(CN2C(=O)COCc3cc(-c4cccc(C(N)=O)c4)ccc32)c1. The number of nitrogens with zero attached hydrogens (tertiary/aromatic N) is 1. The van der Waals surface area contributed by atoms with Crippen molar-refractivity contribution in [3.8, 4) is 16.9 Å². The van der Waals surface area contributed by atoms with Crippen LogP contribution in [-0.2, 0) is 22.7 Å². The van der Waals surface area contributed by atoms with Crippen LogP contribution in [0.3, 0.4) is 0 Å². The molecule has 6 nitrogen and oxygen atoms in total. The predicted molar refractivity (Wildman–Crippen MR) is 114 cm³/mol. The van der Waals surface area contributed by atoms with Gasteiger partial charge in [0.05, 0.1) is 20.3 Å². The maximum absolute atomic E-state index is 12.7. The molecule has 4 rings (SSSR count). The molecule has 1 aliphatic rings. The van der Waals surface area contributed by atoms with Gasteiger partial charge in [0.15, 0.2) is 0 Å². The van der Waals surface area contributed by atoms with E-state index in [1.165, 1.54) is 0 Å². The largest absolute Gasteiger partial charge is 0.497 e. The summed E-state index contributed by atoms with van der Waals surface area (Å²) in [6.07, 6.45) is 0. The second-order valence-corrected chi connectivity index (χ2v) is 7.11.